The van der Waals surface area contributed by atoms with Gasteiger partial charge in [-0.2, -0.15) is 0 Å². The lowest BCUT2D eigenvalue weighted by atomic mass is 10.3. The molecule has 86 valence electrons. The van der Waals surface area contributed by atoms with Crippen LogP contribution >= 0.6 is 11.8 Å². The fraction of sp³-hybridized carbons (Fsp3) is 0.0833. The van der Waals surface area contributed by atoms with E-state index in [9.17, 15) is 0 Å². The first-order chi connectivity index (χ1) is 8.22. The normalized spacial score (nSPS) is 11.1. The van der Waals surface area contributed by atoms with Gasteiger partial charge in [-0.1, -0.05) is 0 Å². The van der Waals surface area contributed by atoms with Crippen LogP contribution in [0.1, 0.15) is 5.76 Å². The highest BCUT2D eigenvalue weighted by Crippen LogP contribution is 2.32. The van der Waals surface area contributed by atoms with Crippen molar-refractivity contribution in [1.82, 2.24) is 4.98 Å². The average molecular weight is 246 g/mol. The van der Waals surface area contributed by atoms with Gasteiger partial charge in [-0.15, -0.1) is 0 Å². The fourth-order valence-corrected chi connectivity index (χ4v) is 2.32. The molecule has 0 saturated carbocycles. The lowest BCUT2D eigenvalue weighted by molar-refractivity contribution is 0.488. The first-order valence-corrected chi connectivity index (χ1v) is 5.92. The van der Waals surface area contributed by atoms with Crippen LogP contribution in [-0.2, 0) is 0 Å². The molecule has 2 N–H and O–H groups in total. The van der Waals surface area contributed by atoms with Gasteiger partial charge in [-0.25, -0.2) is 4.98 Å². The molecule has 0 saturated heterocycles. The van der Waals surface area contributed by atoms with Crippen molar-refractivity contribution < 1.29 is 8.83 Å². The number of nitrogens with two attached hydrogens (primary N) is 1. The molecule has 0 amide bonds. The molecule has 0 radical (unpaired) electrons. The molecular weight excluding hydrogens is 236 g/mol. The number of aryl methyl sites for hydroxylation is 1. The van der Waals surface area contributed by atoms with E-state index in [1.165, 1.54) is 11.8 Å². The predicted molar refractivity (Wildman–Crippen MR) is 66.0 cm³/mol. The Morgan fingerprint density at radius 2 is 2.18 bits per heavy atom. The summed E-state index contributed by atoms with van der Waals surface area (Å²) in [6.07, 6.45) is 1.65. The lowest BCUT2D eigenvalue weighted by Crippen LogP contribution is -1.82. The molecule has 5 heteroatoms. The van der Waals surface area contributed by atoms with Crippen LogP contribution in [0.25, 0.3) is 11.1 Å². The number of anilines is 1. The molecule has 0 fully saturated rings. The molecule has 4 nitrogen and oxygen atoms in total. The highest BCUT2D eigenvalue weighted by atomic mass is 32.2. The summed E-state index contributed by atoms with van der Waals surface area (Å²) >= 11 is 1.44. The molecule has 0 aliphatic rings. The van der Waals surface area contributed by atoms with Crippen LogP contribution < -0.4 is 5.73 Å². The van der Waals surface area contributed by atoms with E-state index in [1.54, 1.807) is 18.4 Å². The fourth-order valence-electron chi connectivity index (χ4n) is 1.54. The average Bonchev–Trinajstić information content (AvgIpc) is 2.85. The SMILES string of the molecule is Cc1occc1Sc1nc2cc(N)ccc2o1. The highest BCUT2D eigenvalue weighted by molar-refractivity contribution is 7.99. The van der Waals surface area contributed by atoms with Crippen molar-refractivity contribution in [2.45, 2.75) is 17.0 Å². The quantitative estimate of drug-likeness (QED) is 0.701. The summed E-state index contributed by atoms with van der Waals surface area (Å²) in [5.41, 5.74) is 7.88. The van der Waals surface area contributed by atoms with E-state index < -0.39 is 0 Å². The van der Waals surface area contributed by atoms with Gasteiger partial charge >= 0.3 is 0 Å². The molecule has 2 aromatic heterocycles. The van der Waals surface area contributed by atoms with E-state index in [2.05, 4.69) is 4.98 Å². The molecular formula is C12H10N2O2S. The van der Waals surface area contributed by atoms with Gasteiger partial charge in [0.1, 0.15) is 11.3 Å². The summed E-state index contributed by atoms with van der Waals surface area (Å²) in [7, 11) is 0. The van der Waals surface area contributed by atoms with E-state index in [-0.39, 0.29) is 0 Å². The van der Waals surface area contributed by atoms with E-state index in [0.29, 0.717) is 10.9 Å². The highest BCUT2D eigenvalue weighted by Gasteiger charge is 2.10. The minimum atomic E-state index is 0.593. The molecule has 3 rings (SSSR count). The lowest BCUT2D eigenvalue weighted by Gasteiger charge is -1.91. The van der Waals surface area contributed by atoms with Gasteiger partial charge in [0.15, 0.2) is 5.58 Å². The maximum absolute atomic E-state index is 5.69. The first-order valence-electron chi connectivity index (χ1n) is 5.10. The zero-order chi connectivity index (χ0) is 11.8. The maximum atomic E-state index is 5.69. The summed E-state index contributed by atoms with van der Waals surface area (Å²) in [5.74, 6) is 0.858. The monoisotopic (exact) mass is 246 g/mol. The second-order valence-corrected chi connectivity index (χ2v) is 4.64. The summed E-state index contributed by atoms with van der Waals surface area (Å²) in [5, 5.41) is 0.593. The number of furan rings is 1. The van der Waals surface area contributed by atoms with Crippen LogP contribution in [0, 0.1) is 6.92 Å². The largest absolute Gasteiger partial charge is 0.468 e. The van der Waals surface area contributed by atoms with Crippen molar-refractivity contribution in [2.75, 3.05) is 5.73 Å². The number of fused-ring (bicyclic) bond motifs is 1. The smallest absolute Gasteiger partial charge is 0.261 e. The van der Waals surface area contributed by atoms with Crippen LogP contribution in [0.3, 0.4) is 0 Å². The van der Waals surface area contributed by atoms with Gasteiger partial charge < -0.3 is 14.6 Å². The van der Waals surface area contributed by atoms with Gasteiger partial charge in [-0.3, -0.25) is 0 Å². The Morgan fingerprint density at radius 3 is 2.94 bits per heavy atom. The summed E-state index contributed by atoms with van der Waals surface area (Å²) < 4.78 is 10.8. The van der Waals surface area contributed by atoms with Crippen molar-refractivity contribution in [3.05, 3.63) is 36.3 Å². The van der Waals surface area contributed by atoms with Gasteiger partial charge in [0.25, 0.3) is 5.22 Å². The molecule has 0 atom stereocenters. The van der Waals surface area contributed by atoms with Crippen molar-refractivity contribution in [1.29, 1.82) is 0 Å². The summed E-state index contributed by atoms with van der Waals surface area (Å²) in [6, 6.07) is 7.31. The van der Waals surface area contributed by atoms with Crippen molar-refractivity contribution >= 4 is 28.5 Å². The van der Waals surface area contributed by atoms with Gasteiger partial charge in [0.05, 0.1) is 11.2 Å². The minimum absolute atomic E-state index is 0.593. The van der Waals surface area contributed by atoms with Crippen LogP contribution in [0.5, 0.6) is 0 Å². The van der Waals surface area contributed by atoms with Crippen LogP contribution in [-0.4, -0.2) is 4.98 Å². The molecule has 2 heterocycles. The first kappa shape index (κ1) is 10.3. The second kappa shape index (κ2) is 3.85. The molecule has 3 aromatic rings. The van der Waals surface area contributed by atoms with Gasteiger partial charge in [-0.05, 0) is 43.0 Å². The standard InChI is InChI=1S/C12H10N2O2S/c1-7-11(4-5-15-7)17-12-14-9-6-8(13)2-3-10(9)16-12/h2-6H,13H2,1H3. The van der Waals surface area contributed by atoms with Crippen LogP contribution in [0.15, 0.2) is 49.5 Å². The third kappa shape index (κ3) is 1.89. The molecule has 1 aromatic carbocycles. The molecule has 0 spiro atoms. The second-order valence-electron chi connectivity index (χ2n) is 3.65. The Labute approximate surface area is 102 Å². The Balaban J connectivity index is 1.99. The topological polar surface area (TPSA) is 65.2 Å². The predicted octanol–water partition coefficient (Wildman–Crippen LogP) is 3.46. The molecule has 0 aliphatic heterocycles. The minimum Gasteiger partial charge on any atom is -0.468 e. The Bertz CT molecular complexity index is 672. The number of oxazole rings is 1. The Kier molecular flexibility index (Phi) is 2.33. The number of nitrogen functional groups attached to an aromatic ring is 1. The Hall–Kier alpha value is -1.88. The third-order valence-electron chi connectivity index (χ3n) is 2.40. The zero-order valence-electron chi connectivity index (χ0n) is 9.14. The molecule has 0 unspecified atom stereocenters. The number of rotatable bonds is 2. The van der Waals surface area contributed by atoms with Crippen LogP contribution in [0.4, 0.5) is 5.69 Å². The number of hydrogen-bond donors (Lipinski definition) is 1. The Morgan fingerprint density at radius 1 is 1.29 bits per heavy atom. The van der Waals surface area contributed by atoms with E-state index >= 15 is 0 Å². The van der Waals surface area contributed by atoms with E-state index in [0.717, 1.165) is 21.8 Å². The van der Waals surface area contributed by atoms with E-state index in [1.807, 2.05) is 19.1 Å². The van der Waals surface area contributed by atoms with Gasteiger partial charge in [0, 0.05) is 5.69 Å². The summed E-state index contributed by atoms with van der Waals surface area (Å²) in [6.45, 7) is 1.91. The summed E-state index contributed by atoms with van der Waals surface area (Å²) in [4.78, 5) is 5.37. The van der Waals surface area contributed by atoms with Crippen molar-refractivity contribution in [2.24, 2.45) is 0 Å². The van der Waals surface area contributed by atoms with Crippen LogP contribution in [0.2, 0.25) is 0 Å². The van der Waals surface area contributed by atoms with E-state index in [4.69, 9.17) is 14.6 Å². The molecule has 0 bridgehead atoms. The van der Waals surface area contributed by atoms with Gasteiger partial charge in [0.2, 0.25) is 0 Å². The zero-order valence-corrected chi connectivity index (χ0v) is 9.95. The maximum Gasteiger partial charge on any atom is 0.261 e. The number of hydrogen-bond acceptors (Lipinski definition) is 5. The number of aromatic nitrogens is 1. The van der Waals surface area contributed by atoms with Crippen molar-refractivity contribution in [3.8, 4) is 0 Å². The third-order valence-corrected chi connectivity index (χ3v) is 3.39. The molecule has 0 aliphatic carbocycles. The molecule has 17 heavy (non-hydrogen) atoms. The number of benzene rings is 1. The number of nitrogens with zero attached hydrogens (tertiary/aromatic N) is 1. The van der Waals surface area contributed by atoms with Crippen molar-refractivity contribution in [3.63, 3.8) is 0 Å².